The number of imidazole rings is 1. The Morgan fingerprint density at radius 3 is 2.95 bits per heavy atom. The number of hydrogen-bond donors (Lipinski definition) is 3. The van der Waals surface area contributed by atoms with E-state index >= 15 is 0 Å². The van der Waals surface area contributed by atoms with Crippen LogP contribution in [0, 0.1) is 0 Å². The maximum atomic E-state index is 12.0. The van der Waals surface area contributed by atoms with Gasteiger partial charge in [-0.2, -0.15) is 0 Å². The number of amides is 1. The van der Waals surface area contributed by atoms with Gasteiger partial charge in [0.15, 0.2) is 5.78 Å². The molecule has 0 radical (unpaired) electrons. The van der Waals surface area contributed by atoms with Crippen molar-refractivity contribution in [1.82, 2.24) is 14.9 Å². The van der Waals surface area contributed by atoms with E-state index in [1.165, 1.54) is 11.2 Å². The van der Waals surface area contributed by atoms with Crippen molar-refractivity contribution in [2.75, 3.05) is 13.1 Å². The maximum absolute atomic E-state index is 12.0. The minimum Gasteiger partial charge on any atom is -0.348 e. The van der Waals surface area contributed by atoms with Crippen LogP contribution in [0.5, 0.6) is 0 Å². The van der Waals surface area contributed by atoms with Gasteiger partial charge < -0.3 is 21.4 Å². The molecule has 1 unspecified atom stereocenters. The van der Waals surface area contributed by atoms with E-state index in [0.717, 1.165) is 5.69 Å². The molecule has 1 aromatic rings. The van der Waals surface area contributed by atoms with Gasteiger partial charge in [0.05, 0.1) is 18.9 Å². The van der Waals surface area contributed by atoms with Crippen molar-refractivity contribution < 1.29 is 9.59 Å². The summed E-state index contributed by atoms with van der Waals surface area (Å²) < 4.78 is 0. The molecular weight excluding hydrogens is 246 g/mol. The number of H-pyrrole nitrogens is 1. The summed E-state index contributed by atoms with van der Waals surface area (Å²) in [6.45, 7) is 2.23. The quantitative estimate of drug-likeness (QED) is 0.618. The number of aromatic amines is 1. The van der Waals surface area contributed by atoms with Crippen molar-refractivity contribution in [3.05, 3.63) is 18.2 Å². The smallest absolute Gasteiger partial charge is 0.224 e. The van der Waals surface area contributed by atoms with Crippen molar-refractivity contribution in [3.8, 4) is 0 Å². The maximum Gasteiger partial charge on any atom is 0.224 e. The number of rotatable bonds is 5. The molecule has 1 saturated heterocycles. The molecular formula is C12H19N5O2. The highest BCUT2D eigenvalue weighted by atomic mass is 16.2. The van der Waals surface area contributed by atoms with Gasteiger partial charge in [-0.3, -0.25) is 9.59 Å². The topological polar surface area (TPSA) is 118 Å². The number of likely N-dealkylation sites (tertiary alicyclic amines) is 1. The first-order chi connectivity index (χ1) is 8.87. The van der Waals surface area contributed by atoms with Gasteiger partial charge in [-0.15, -0.1) is 0 Å². The summed E-state index contributed by atoms with van der Waals surface area (Å²) in [4.78, 5) is 31.9. The van der Waals surface area contributed by atoms with Gasteiger partial charge in [-0.25, -0.2) is 4.98 Å². The minimum absolute atomic E-state index is 0.0287. The monoisotopic (exact) mass is 265 g/mol. The Balaban J connectivity index is 1.89. The summed E-state index contributed by atoms with van der Waals surface area (Å²) in [6.07, 6.45) is 3.83. The van der Waals surface area contributed by atoms with Gasteiger partial charge in [0.25, 0.3) is 0 Å². The van der Waals surface area contributed by atoms with Crippen LogP contribution in [0.25, 0.3) is 0 Å². The van der Waals surface area contributed by atoms with Crippen LogP contribution in [-0.2, 0) is 16.0 Å². The van der Waals surface area contributed by atoms with E-state index in [1.54, 1.807) is 13.1 Å². The first-order valence-electron chi connectivity index (χ1n) is 6.19. The second-order valence-corrected chi connectivity index (χ2v) is 5.43. The van der Waals surface area contributed by atoms with E-state index in [2.05, 4.69) is 9.97 Å². The fourth-order valence-corrected chi connectivity index (χ4v) is 2.23. The van der Waals surface area contributed by atoms with Crippen LogP contribution < -0.4 is 11.5 Å². The normalized spacial score (nSPS) is 24.8. The summed E-state index contributed by atoms with van der Waals surface area (Å²) >= 11 is 0. The van der Waals surface area contributed by atoms with Gasteiger partial charge in [-0.05, 0) is 6.92 Å². The van der Waals surface area contributed by atoms with E-state index in [1.807, 2.05) is 0 Å². The van der Waals surface area contributed by atoms with Gasteiger partial charge in [0.1, 0.15) is 0 Å². The number of Topliss-reactive ketones (excluding diaryl/α,β-unsaturated/α-hetero) is 1. The number of nitrogens with zero attached hydrogens (tertiary/aromatic N) is 2. The summed E-state index contributed by atoms with van der Waals surface area (Å²) in [7, 11) is 0. The third-order valence-corrected chi connectivity index (χ3v) is 3.21. The number of aromatic nitrogens is 2. The Morgan fingerprint density at radius 1 is 1.68 bits per heavy atom. The van der Waals surface area contributed by atoms with Gasteiger partial charge in [0.2, 0.25) is 5.91 Å². The number of ketones is 1. The molecule has 2 atom stereocenters. The lowest BCUT2D eigenvalue weighted by Gasteiger charge is -2.20. The molecule has 0 aromatic carbocycles. The largest absolute Gasteiger partial charge is 0.348 e. The van der Waals surface area contributed by atoms with Crippen LogP contribution in [0.15, 0.2) is 12.5 Å². The number of nitrogens with two attached hydrogens (primary N) is 2. The van der Waals surface area contributed by atoms with Gasteiger partial charge in [0, 0.05) is 36.8 Å². The van der Waals surface area contributed by atoms with E-state index in [9.17, 15) is 9.59 Å². The molecule has 7 heteroatoms. The van der Waals surface area contributed by atoms with Crippen LogP contribution in [0.3, 0.4) is 0 Å². The van der Waals surface area contributed by atoms with Crippen molar-refractivity contribution in [3.63, 3.8) is 0 Å². The zero-order chi connectivity index (χ0) is 14.0. The van der Waals surface area contributed by atoms with E-state index in [-0.39, 0.29) is 24.7 Å². The molecule has 0 saturated carbocycles. The number of nitrogens with one attached hydrogen (secondary N) is 1. The number of carbonyl (C=O) groups excluding carboxylic acids is 2. The second kappa shape index (κ2) is 5.10. The average molecular weight is 265 g/mol. The zero-order valence-electron chi connectivity index (χ0n) is 10.9. The fraction of sp³-hybridized carbons (Fsp3) is 0.583. The Kier molecular flexibility index (Phi) is 3.68. The third kappa shape index (κ3) is 3.39. The standard InChI is InChI=1S/C12H19N5O2/c1-12(14)3-11(19)17(6-12)5-10(18)9(13)2-8-4-15-7-16-8/h4,7,9H,2-3,5-6,13-14H2,1H3,(H,15,16)/t9-,12?/m0/s1. The molecule has 0 aliphatic carbocycles. The third-order valence-electron chi connectivity index (χ3n) is 3.21. The first kappa shape index (κ1) is 13.7. The molecule has 1 fully saturated rings. The summed E-state index contributed by atoms with van der Waals surface area (Å²) in [5.74, 6) is -0.257. The van der Waals surface area contributed by atoms with Gasteiger partial charge in [-0.1, -0.05) is 0 Å². The molecule has 19 heavy (non-hydrogen) atoms. The lowest BCUT2D eigenvalue weighted by Crippen LogP contribution is -2.44. The van der Waals surface area contributed by atoms with Gasteiger partial charge >= 0.3 is 0 Å². The molecule has 1 aromatic heterocycles. The SMILES string of the molecule is CC1(N)CC(=O)N(CC(=O)[C@@H](N)Cc2cnc[nH]2)C1. The molecule has 1 amide bonds. The molecule has 5 N–H and O–H groups in total. The highest BCUT2D eigenvalue weighted by Crippen LogP contribution is 2.19. The lowest BCUT2D eigenvalue weighted by atomic mass is 10.0. The molecule has 0 spiro atoms. The molecule has 7 nitrogen and oxygen atoms in total. The van der Waals surface area contributed by atoms with E-state index < -0.39 is 11.6 Å². The van der Waals surface area contributed by atoms with Crippen LogP contribution >= 0.6 is 0 Å². The summed E-state index contributed by atoms with van der Waals surface area (Å²) in [5.41, 5.74) is 12.0. The molecule has 1 aliphatic rings. The Labute approximate surface area is 111 Å². The molecule has 1 aliphatic heterocycles. The van der Waals surface area contributed by atoms with E-state index in [4.69, 9.17) is 11.5 Å². The predicted octanol–water partition coefficient (Wildman–Crippen LogP) is -1.20. The van der Waals surface area contributed by atoms with Crippen LogP contribution in [-0.4, -0.2) is 51.2 Å². The highest BCUT2D eigenvalue weighted by Gasteiger charge is 2.37. The average Bonchev–Trinajstić information content (AvgIpc) is 2.87. The molecule has 0 bridgehead atoms. The lowest BCUT2D eigenvalue weighted by molar-refractivity contribution is -0.132. The van der Waals surface area contributed by atoms with Crippen molar-refractivity contribution in [2.24, 2.45) is 11.5 Å². The zero-order valence-corrected chi connectivity index (χ0v) is 10.9. The molecule has 104 valence electrons. The van der Waals surface area contributed by atoms with Crippen LogP contribution in [0.4, 0.5) is 0 Å². The van der Waals surface area contributed by atoms with Crippen molar-refractivity contribution in [1.29, 1.82) is 0 Å². The molecule has 2 heterocycles. The minimum atomic E-state index is -0.641. The molecule has 2 rings (SSSR count). The Bertz CT molecular complexity index is 468. The predicted molar refractivity (Wildman–Crippen MR) is 69.1 cm³/mol. The highest BCUT2D eigenvalue weighted by molar-refractivity contribution is 5.90. The first-order valence-corrected chi connectivity index (χ1v) is 6.19. The number of hydrogen-bond acceptors (Lipinski definition) is 5. The number of carbonyl (C=O) groups is 2. The van der Waals surface area contributed by atoms with Crippen molar-refractivity contribution in [2.45, 2.75) is 31.3 Å². The Hall–Kier alpha value is -1.73. The van der Waals surface area contributed by atoms with E-state index in [0.29, 0.717) is 13.0 Å². The van der Waals surface area contributed by atoms with Crippen molar-refractivity contribution >= 4 is 11.7 Å². The summed E-state index contributed by atoms with van der Waals surface area (Å²) in [5, 5.41) is 0. The second-order valence-electron chi connectivity index (χ2n) is 5.43. The van der Waals surface area contributed by atoms with Crippen LogP contribution in [0.1, 0.15) is 19.0 Å². The van der Waals surface area contributed by atoms with Crippen LogP contribution in [0.2, 0.25) is 0 Å². The summed E-state index contributed by atoms with van der Waals surface area (Å²) in [6, 6.07) is -0.641. The fourth-order valence-electron chi connectivity index (χ4n) is 2.23. The Morgan fingerprint density at radius 2 is 2.42 bits per heavy atom.